The maximum atomic E-state index is 12.4. The Labute approximate surface area is 119 Å². The van der Waals surface area contributed by atoms with Gasteiger partial charge in [0.1, 0.15) is 6.04 Å². The second-order valence-corrected chi connectivity index (χ2v) is 5.81. The molecule has 20 heavy (non-hydrogen) atoms. The molecule has 1 N–H and O–H groups in total. The second kappa shape index (κ2) is 5.27. The number of hydrogen-bond donors (Lipinski definition) is 1. The molecule has 4 heteroatoms. The predicted octanol–water partition coefficient (Wildman–Crippen LogP) is 1.87. The van der Waals surface area contributed by atoms with Crippen molar-refractivity contribution in [2.75, 3.05) is 6.54 Å². The van der Waals surface area contributed by atoms with Gasteiger partial charge in [0.05, 0.1) is 6.54 Å². The summed E-state index contributed by atoms with van der Waals surface area (Å²) in [6.07, 6.45) is 3.28. The maximum absolute atomic E-state index is 12.4. The number of carbonyl (C=O) groups is 2. The summed E-state index contributed by atoms with van der Waals surface area (Å²) in [7, 11) is 0. The van der Waals surface area contributed by atoms with Crippen LogP contribution < -0.4 is 5.32 Å². The first-order chi connectivity index (χ1) is 9.68. The van der Waals surface area contributed by atoms with Gasteiger partial charge < -0.3 is 10.2 Å². The Morgan fingerprint density at radius 1 is 1.15 bits per heavy atom. The first-order valence-electron chi connectivity index (χ1n) is 7.32. The fraction of sp³-hybridized carbons (Fsp3) is 0.500. The first-order valence-corrected chi connectivity index (χ1v) is 7.32. The summed E-state index contributed by atoms with van der Waals surface area (Å²) in [6.45, 7) is 2.31. The van der Waals surface area contributed by atoms with E-state index in [2.05, 4.69) is 12.2 Å². The van der Waals surface area contributed by atoms with Crippen LogP contribution in [0.4, 0.5) is 0 Å². The van der Waals surface area contributed by atoms with Crippen LogP contribution in [0, 0.1) is 5.92 Å². The van der Waals surface area contributed by atoms with E-state index >= 15 is 0 Å². The van der Waals surface area contributed by atoms with Gasteiger partial charge in [0.25, 0.3) is 0 Å². The molecular weight excluding hydrogens is 252 g/mol. The number of carbonyl (C=O) groups excluding carboxylic acids is 2. The van der Waals surface area contributed by atoms with Crippen molar-refractivity contribution >= 4 is 11.8 Å². The van der Waals surface area contributed by atoms with Crippen molar-refractivity contribution in [1.82, 2.24) is 10.2 Å². The molecule has 106 valence electrons. The van der Waals surface area contributed by atoms with Crippen molar-refractivity contribution in [3.63, 3.8) is 0 Å². The second-order valence-electron chi connectivity index (χ2n) is 5.81. The van der Waals surface area contributed by atoms with Crippen LogP contribution in [0.3, 0.4) is 0 Å². The van der Waals surface area contributed by atoms with Crippen LogP contribution in [0.25, 0.3) is 0 Å². The highest BCUT2D eigenvalue weighted by Crippen LogP contribution is 2.36. The van der Waals surface area contributed by atoms with E-state index in [1.165, 1.54) is 0 Å². The Kier molecular flexibility index (Phi) is 3.47. The molecule has 0 bridgehead atoms. The van der Waals surface area contributed by atoms with Crippen LogP contribution in [0.15, 0.2) is 30.3 Å². The lowest BCUT2D eigenvalue weighted by Crippen LogP contribution is -2.57. The third-order valence-electron chi connectivity index (χ3n) is 4.52. The molecular formula is C16H20N2O2. The number of amides is 2. The Bertz CT molecular complexity index is 514. The van der Waals surface area contributed by atoms with E-state index in [1.54, 1.807) is 0 Å². The quantitative estimate of drug-likeness (QED) is 0.893. The minimum Gasteiger partial charge on any atom is -0.345 e. The zero-order valence-electron chi connectivity index (χ0n) is 11.7. The summed E-state index contributed by atoms with van der Waals surface area (Å²) in [5.74, 6) is 0.447. The molecule has 1 aliphatic heterocycles. The summed E-state index contributed by atoms with van der Waals surface area (Å²) < 4.78 is 0. The van der Waals surface area contributed by atoms with Gasteiger partial charge in [0, 0.05) is 6.04 Å². The topological polar surface area (TPSA) is 49.4 Å². The highest BCUT2D eigenvalue weighted by atomic mass is 16.2. The van der Waals surface area contributed by atoms with Crippen LogP contribution in [-0.4, -0.2) is 29.3 Å². The molecule has 0 radical (unpaired) electrons. The summed E-state index contributed by atoms with van der Waals surface area (Å²) in [5, 5.41) is 2.72. The Balaban J connectivity index is 1.97. The number of benzene rings is 1. The van der Waals surface area contributed by atoms with Gasteiger partial charge in [0.2, 0.25) is 11.8 Å². The molecule has 1 saturated heterocycles. The van der Waals surface area contributed by atoms with Crippen LogP contribution in [0.5, 0.6) is 0 Å². The van der Waals surface area contributed by atoms with E-state index in [0.29, 0.717) is 5.92 Å². The molecule has 2 aliphatic rings. The van der Waals surface area contributed by atoms with E-state index in [9.17, 15) is 9.59 Å². The standard InChI is InChI=1S/C16H20N2O2/c1-11-6-5-9-13(11)18-14(19)10-17-16(20)15(18)12-7-3-2-4-8-12/h2-4,7-8,11,13,15H,5-6,9-10H2,1H3,(H,17,20). The summed E-state index contributed by atoms with van der Waals surface area (Å²) >= 11 is 0. The van der Waals surface area contributed by atoms with Crippen molar-refractivity contribution in [1.29, 1.82) is 0 Å². The molecule has 4 nitrogen and oxygen atoms in total. The third-order valence-corrected chi connectivity index (χ3v) is 4.52. The number of nitrogens with one attached hydrogen (secondary N) is 1. The minimum atomic E-state index is -0.469. The first kappa shape index (κ1) is 13.2. The van der Waals surface area contributed by atoms with Gasteiger partial charge in [-0.1, -0.05) is 43.7 Å². The van der Waals surface area contributed by atoms with E-state index < -0.39 is 6.04 Å². The molecule has 1 aromatic carbocycles. The molecule has 3 rings (SSSR count). The molecule has 3 atom stereocenters. The van der Waals surface area contributed by atoms with Crippen LogP contribution in [0.2, 0.25) is 0 Å². The van der Waals surface area contributed by atoms with Gasteiger partial charge in [-0.15, -0.1) is 0 Å². The average molecular weight is 272 g/mol. The Morgan fingerprint density at radius 3 is 2.55 bits per heavy atom. The maximum Gasteiger partial charge on any atom is 0.247 e. The molecule has 0 aromatic heterocycles. The number of rotatable bonds is 2. The van der Waals surface area contributed by atoms with Gasteiger partial charge in [-0.2, -0.15) is 0 Å². The van der Waals surface area contributed by atoms with Gasteiger partial charge in [-0.25, -0.2) is 0 Å². The summed E-state index contributed by atoms with van der Waals surface area (Å²) in [4.78, 5) is 26.5. The zero-order chi connectivity index (χ0) is 14.1. The van der Waals surface area contributed by atoms with Crippen molar-refractivity contribution < 1.29 is 9.59 Å². The van der Waals surface area contributed by atoms with Crippen molar-refractivity contribution in [2.24, 2.45) is 5.92 Å². The van der Waals surface area contributed by atoms with E-state index in [1.807, 2.05) is 35.2 Å². The van der Waals surface area contributed by atoms with Crippen LogP contribution in [-0.2, 0) is 9.59 Å². The molecule has 3 unspecified atom stereocenters. The van der Waals surface area contributed by atoms with E-state index in [4.69, 9.17) is 0 Å². The predicted molar refractivity (Wildman–Crippen MR) is 75.8 cm³/mol. The fourth-order valence-corrected chi connectivity index (χ4v) is 3.48. The molecule has 2 fully saturated rings. The van der Waals surface area contributed by atoms with Gasteiger partial charge in [0.15, 0.2) is 0 Å². The zero-order valence-corrected chi connectivity index (χ0v) is 11.7. The van der Waals surface area contributed by atoms with Crippen molar-refractivity contribution in [2.45, 2.75) is 38.3 Å². The van der Waals surface area contributed by atoms with E-state index in [0.717, 1.165) is 24.8 Å². The van der Waals surface area contributed by atoms with Gasteiger partial charge in [-0.05, 0) is 24.3 Å². The number of nitrogens with zero attached hydrogens (tertiary/aromatic N) is 1. The normalized spacial score (nSPS) is 30.4. The SMILES string of the molecule is CC1CCCC1N1C(=O)CNC(=O)C1c1ccccc1. The largest absolute Gasteiger partial charge is 0.345 e. The Hall–Kier alpha value is -1.84. The lowest BCUT2D eigenvalue weighted by Gasteiger charge is -2.41. The molecule has 1 aliphatic carbocycles. The Morgan fingerprint density at radius 2 is 1.90 bits per heavy atom. The van der Waals surface area contributed by atoms with Crippen molar-refractivity contribution in [3.8, 4) is 0 Å². The fourth-order valence-electron chi connectivity index (χ4n) is 3.48. The molecule has 1 saturated carbocycles. The highest BCUT2D eigenvalue weighted by molar-refractivity contribution is 5.95. The monoisotopic (exact) mass is 272 g/mol. The minimum absolute atomic E-state index is 0.0391. The molecule has 1 aromatic rings. The summed E-state index contributed by atoms with van der Waals surface area (Å²) in [5.41, 5.74) is 0.900. The molecule has 0 spiro atoms. The molecule has 1 heterocycles. The van der Waals surface area contributed by atoms with E-state index in [-0.39, 0.29) is 24.4 Å². The lowest BCUT2D eigenvalue weighted by atomic mass is 9.96. The smallest absolute Gasteiger partial charge is 0.247 e. The average Bonchev–Trinajstić information content (AvgIpc) is 2.88. The van der Waals surface area contributed by atoms with Gasteiger partial charge in [-0.3, -0.25) is 9.59 Å². The number of hydrogen-bond acceptors (Lipinski definition) is 2. The van der Waals surface area contributed by atoms with Crippen molar-refractivity contribution in [3.05, 3.63) is 35.9 Å². The molecule has 2 amide bonds. The van der Waals surface area contributed by atoms with Crippen LogP contribution >= 0.6 is 0 Å². The van der Waals surface area contributed by atoms with Crippen LogP contribution in [0.1, 0.15) is 37.8 Å². The highest BCUT2D eigenvalue weighted by Gasteiger charge is 2.42. The third kappa shape index (κ3) is 2.19. The lowest BCUT2D eigenvalue weighted by molar-refractivity contribution is -0.149. The summed E-state index contributed by atoms with van der Waals surface area (Å²) in [6, 6.07) is 9.33. The number of piperazine rings is 1. The van der Waals surface area contributed by atoms with Gasteiger partial charge >= 0.3 is 0 Å².